The fraction of sp³-hybridized carbons (Fsp3) is 0.217. The average Bonchev–Trinajstić information content (AvgIpc) is 3.20. The number of anilines is 1. The molecule has 0 amide bonds. The van der Waals surface area contributed by atoms with E-state index in [0.29, 0.717) is 10.6 Å². The van der Waals surface area contributed by atoms with Crippen molar-refractivity contribution in [2.75, 3.05) is 11.9 Å². The molecule has 5 heteroatoms. The van der Waals surface area contributed by atoms with E-state index in [1.807, 2.05) is 41.8 Å². The number of benzene rings is 2. The van der Waals surface area contributed by atoms with Crippen molar-refractivity contribution in [3.63, 3.8) is 0 Å². The molecule has 1 heterocycles. The number of allylic oxidation sites excluding steroid dienone is 1. The van der Waals surface area contributed by atoms with Crippen LogP contribution in [0.4, 0.5) is 5.69 Å². The standard InChI is InChI=1S/C23H23N3OS/c1-3-4-13-27-21-11-9-20(10-12-21)25-15-19(14-24)23-26-22(16-28-23)18-7-5-17(2)6-8-18/h5-12,15-16,25H,3-4,13H2,1-2H3. The summed E-state index contributed by atoms with van der Waals surface area (Å²) >= 11 is 1.47. The molecule has 0 saturated heterocycles. The average molecular weight is 390 g/mol. The normalized spacial score (nSPS) is 11.1. The molecule has 4 nitrogen and oxygen atoms in total. The number of nitrogens with zero attached hydrogens (tertiary/aromatic N) is 2. The first-order chi connectivity index (χ1) is 13.7. The van der Waals surface area contributed by atoms with Gasteiger partial charge in [-0.25, -0.2) is 4.98 Å². The molecular formula is C23H23N3OS. The molecule has 0 unspecified atom stereocenters. The van der Waals surface area contributed by atoms with Crippen molar-refractivity contribution in [1.82, 2.24) is 4.98 Å². The predicted molar refractivity (Wildman–Crippen MR) is 116 cm³/mol. The Balaban J connectivity index is 1.67. The molecule has 142 valence electrons. The van der Waals surface area contributed by atoms with E-state index < -0.39 is 0 Å². The summed E-state index contributed by atoms with van der Waals surface area (Å²) in [6.07, 6.45) is 3.86. The number of nitriles is 1. The lowest BCUT2D eigenvalue weighted by molar-refractivity contribution is 0.309. The van der Waals surface area contributed by atoms with Crippen molar-refractivity contribution in [2.24, 2.45) is 0 Å². The number of hydrogen-bond acceptors (Lipinski definition) is 5. The second kappa shape index (κ2) is 9.72. The van der Waals surface area contributed by atoms with Crippen LogP contribution in [-0.2, 0) is 0 Å². The van der Waals surface area contributed by atoms with Gasteiger partial charge >= 0.3 is 0 Å². The van der Waals surface area contributed by atoms with Gasteiger partial charge in [-0.2, -0.15) is 5.26 Å². The van der Waals surface area contributed by atoms with E-state index in [1.54, 1.807) is 6.20 Å². The number of thiazole rings is 1. The van der Waals surface area contributed by atoms with E-state index in [2.05, 4.69) is 42.4 Å². The van der Waals surface area contributed by atoms with Crippen LogP contribution in [0.25, 0.3) is 16.8 Å². The number of ether oxygens (including phenoxy) is 1. The van der Waals surface area contributed by atoms with Gasteiger partial charge in [0.05, 0.1) is 12.3 Å². The molecule has 0 atom stereocenters. The fourth-order valence-electron chi connectivity index (χ4n) is 2.53. The smallest absolute Gasteiger partial charge is 0.136 e. The number of nitrogens with one attached hydrogen (secondary N) is 1. The van der Waals surface area contributed by atoms with Gasteiger partial charge in [0.1, 0.15) is 22.4 Å². The number of hydrogen-bond donors (Lipinski definition) is 1. The third kappa shape index (κ3) is 5.21. The molecule has 0 radical (unpaired) electrons. The quantitative estimate of drug-likeness (QED) is 0.364. The van der Waals surface area contributed by atoms with Crippen LogP contribution in [-0.4, -0.2) is 11.6 Å². The maximum Gasteiger partial charge on any atom is 0.136 e. The Morgan fingerprint density at radius 1 is 1.18 bits per heavy atom. The third-order valence-corrected chi connectivity index (χ3v) is 5.08. The van der Waals surface area contributed by atoms with E-state index in [1.165, 1.54) is 16.9 Å². The van der Waals surface area contributed by atoms with Crippen LogP contribution in [0.5, 0.6) is 5.75 Å². The third-order valence-electron chi connectivity index (χ3n) is 4.21. The lowest BCUT2D eigenvalue weighted by Crippen LogP contribution is -1.96. The Morgan fingerprint density at radius 3 is 2.61 bits per heavy atom. The molecule has 0 fully saturated rings. The summed E-state index contributed by atoms with van der Waals surface area (Å²) in [7, 11) is 0. The zero-order chi connectivity index (χ0) is 19.8. The maximum absolute atomic E-state index is 9.53. The minimum atomic E-state index is 0.506. The predicted octanol–water partition coefficient (Wildman–Crippen LogP) is 6.27. The number of rotatable bonds is 8. The van der Waals surface area contributed by atoms with E-state index in [-0.39, 0.29) is 0 Å². The molecule has 0 aliphatic carbocycles. The van der Waals surface area contributed by atoms with Crippen LogP contribution in [0.1, 0.15) is 30.3 Å². The minimum absolute atomic E-state index is 0.506. The Kier molecular flexibility index (Phi) is 6.83. The van der Waals surface area contributed by atoms with Gasteiger partial charge in [-0.3, -0.25) is 0 Å². The molecule has 1 N–H and O–H groups in total. The molecule has 0 aliphatic rings. The van der Waals surface area contributed by atoms with Crippen LogP contribution in [0.15, 0.2) is 60.1 Å². The summed E-state index contributed by atoms with van der Waals surface area (Å²) in [6, 6.07) is 18.2. The first kappa shape index (κ1) is 19.7. The zero-order valence-corrected chi connectivity index (χ0v) is 16.9. The highest BCUT2D eigenvalue weighted by Crippen LogP contribution is 2.26. The van der Waals surface area contributed by atoms with E-state index >= 15 is 0 Å². The molecule has 0 spiro atoms. The van der Waals surface area contributed by atoms with Crippen LogP contribution in [0, 0.1) is 18.3 Å². The van der Waals surface area contributed by atoms with Gasteiger partial charge in [0.2, 0.25) is 0 Å². The van der Waals surface area contributed by atoms with Crippen LogP contribution in [0.2, 0.25) is 0 Å². The lowest BCUT2D eigenvalue weighted by atomic mass is 10.1. The molecule has 0 bridgehead atoms. The van der Waals surface area contributed by atoms with Gasteiger partial charge < -0.3 is 10.1 Å². The number of aromatic nitrogens is 1. The molecular weight excluding hydrogens is 366 g/mol. The van der Waals surface area contributed by atoms with Crippen molar-refractivity contribution >= 4 is 22.6 Å². The molecule has 1 aromatic heterocycles. The van der Waals surface area contributed by atoms with Gasteiger partial charge in [-0.05, 0) is 37.6 Å². The van der Waals surface area contributed by atoms with Crippen LogP contribution in [0.3, 0.4) is 0 Å². The van der Waals surface area contributed by atoms with Gasteiger partial charge in [0, 0.05) is 22.8 Å². The fourth-order valence-corrected chi connectivity index (χ4v) is 3.33. The maximum atomic E-state index is 9.53. The van der Waals surface area contributed by atoms with Gasteiger partial charge in [0.15, 0.2) is 0 Å². The zero-order valence-electron chi connectivity index (χ0n) is 16.1. The minimum Gasteiger partial charge on any atom is -0.494 e. The van der Waals surface area contributed by atoms with Crippen molar-refractivity contribution in [1.29, 1.82) is 5.26 Å². The molecule has 0 saturated carbocycles. The van der Waals surface area contributed by atoms with Crippen LogP contribution >= 0.6 is 11.3 Å². The Bertz CT molecular complexity index is 966. The summed E-state index contributed by atoms with van der Waals surface area (Å²) in [4.78, 5) is 4.62. The second-order valence-electron chi connectivity index (χ2n) is 6.44. The van der Waals surface area contributed by atoms with Gasteiger partial charge in [0.25, 0.3) is 0 Å². The monoisotopic (exact) mass is 389 g/mol. The van der Waals surface area contributed by atoms with E-state index in [0.717, 1.165) is 42.1 Å². The largest absolute Gasteiger partial charge is 0.494 e. The first-order valence-corrected chi connectivity index (χ1v) is 10.2. The van der Waals surface area contributed by atoms with E-state index in [4.69, 9.17) is 4.74 Å². The second-order valence-corrected chi connectivity index (χ2v) is 7.30. The summed E-state index contributed by atoms with van der Waals surface area (Å²) in [5.74, 6) is 0.853. The van der Waals surface area contributed by atoms with Crippen molar-refractivity contribution in [2.45, 2.75) is 26.7 Å². The summed E-state index contributed by atoms with van der Waals surface area (Å²) in [5, 5.41) is 15.4. The SMILES string of the molecule is CCCCOc1ccc(NC=C(C#N)c2nc(-c3ccc(C)cc3)cs2)cc1. The number of aryl methyl sites for hydroxylation is 1. The summed E-state index contributed by atoms with van der Waals surface area (Å²) in [6.45, 7) is 4.93. The first-order valence-electron chi connectivity index (χ1n) is 9.32. The molecule has 3 rings (SSSR count). The van der Waals surface area contributed by atoms with Crippen molar-refractivity contribution in [3.05, 3.63) is 70.7 Å². The topological polar surface area (TPSA) is 57.9 Å². The highest BCUT2D eigenvalue weighted by molar-refractivity contribution is 7.11. The molecule has 3 aromatic rings. The Labute approximate surface area is 170 Å². The van der Waals surface area contributed by atoms with Gasteiger partial charge in [-0.15, -0.1) is 11.3 Å². The van der Waals surface area contributed by atoms with Gasteiger partial charge in [-0.1, -0.05) is 43.2 Å². The van der Waals surface area contributed by atoms with Crippen molar-refractivity contribution < 1.29 is 4.74 Å². The number of unbranched alkanes of at least 4 members (excludes halogenated alkanes) is 1. The molecule has 2 aromatic carbocycles. The summed E-state index contributed by atoms with van der Waals surface area (Å²) in [5.41, 5.74) is 4.55. The summed E-state index contributed by atoms with van der Waals surface area (Å²) < 4.78 is 5.67. The highest BCUT2D eigenvalue weighted by Gasteiger charge is 2.09. The molecule has 0 aliphatic heterocycles. The van der Waals surface area contributed by atoms with E-state index in [9.17, 15) is 5.26 Å². The lowest BCUT2D eigenvalue weighted by Gasteiger charge is -2.06. The Morgan fingerprint density at radius 2 is 1.93 bits per heavy atom. The Hall–Kier alpha value is -3.10. The van der Waals surface area contributed by atoms with Crippen molar-refractivity contribution in [3.8, 4) is 23.1 Å². The van der Waals surface area contributed by atoms with Crippen LogP contribution < -0.4 is 10.1 Å². The highest BCUT2D eigenvalue weighted by atomic mass is 32.1. The molecule has 28 heavy (non-hydrogen) atoms.